The van der Waals surface area contributed by atoms with Crippen molar-refractivity contribution in [3.8, 4) is 0 Å². The summed E-state index contributed by atoms with van der Waals surface area (Å²) in [4.78, 5) is 12.0. The maximum Gasteiger partial charge on any atom is 0.213 e. The lowest BCUT2D eigenvalue weighted by molar-refractivity contribution is -0.115. The Kier molecular flexibility index (Phi) is 3.99. The Morgan fingerprint density at radius 2 is 2.12 bits per heavy atom. The standard InChI is InChI=1S/C11H19BNO2S/c1-10(11(2,7-16)12-10)5-9(15-4)6-13(3)8-14/h6,8,16H,5,7H2,1-4H3/b9-6-. The fourth-order valence-corrected chi connectivity index (χ4v) is 2.39. The number of carbonyl (C=O) groups excluding carboxylic acids is 1. The highest BCUT2D eigenvalue weighted by atomic mass is 32.1. The van der Waals surface area contributed by atoms with E-state index in [1.807, 2.05) is 0 Å². The van der Waals surface area contributed by atoms with E-state index in [4.69, 9.17) is 4.74 Å². The molecule has 16 heavy (non-hydrogen) atoms. The zero-order valence-electron chi connectivity index (χ0n) is 10.4. The molecule has 5 heteroatoms. The summed E-state index contributed by atoms with van der Waals surface area (Å²) in [6.07, 6.45) is 3.29. The van der Waals surface area contributed by atoms with E-state index in [-0.39, 0.29) is 10.6 Å². The van der Waals surface area contributed by atoms with Crippen LogP contribution in [-0.2, 0) is 9.53 Å². The summed E-state index contributed by atoms with van der Waals surface area (Å²) in [5, 5.41) is 0.299. The Balaban J connectivity index is 2.66. The van der Waals surface area contributed by atoms with E-state index >= 15 is 0 Å². The first-order chi connectivity index (χ1) is 7.40. The van der Waals surface area contributed by atoms with E-state index in [0.29, 0.717) is 0 Å². The lowest BCUT2D eigenvalue weighted by atomic mass is 9.86. The Morgan fingerprint density at radius 1 is 1.50 bits per heavy atom. The first kappa shape index (κ1) is 13.5. The summed E-state index contributed by atoms with van der Waals surface area (Å²) in [6, 6.07) is 0. The van der Waals surface area contributed by atoms with Crippen LogP contribution in [0.1, 0.15) is 20.3 Å². The zero-order valence-corrected chi connectivity index (χ0v) is 11.3. The van der Waals surface area contributed by atoms with Crippen LogP contribution in [-0.4, -0.2) is 38.5 Å². The molecule has 2 atom stereocenters. The molecule has 1 amide bonds. The van der Waals surface area contributed by atoms with Crippen LogP contribution in [0.3, 0.4) is 0 Å². The van der Waals surface area contributed by atoms with Gasteiger partial charge in [0.1, 0.15) is 13.0 Å². The Labute approximate surface area is 104 Å². The van der Waals surface area contributed by atoms with Gasteiger partial charge in [-0.05, 0) is 5.75 Å². The Morgan fingerprint density at radius 3 is 2.50 bits per heavy atom. The molecule has 1 radical (unpaired) electrons. The van der Waals surface area contributed by atoms with Crippen molar-refractivity contribution >= 4 is 26.3 Å². The van der Waals surface area contributed by atoms with E-state index in [1.54, 1.807) is 20.4 Å². The number of amides is 1. The van der Waals surface area contributed by atoms with Crippen molar-refractivity contribution in [3.05, 3.63) is 12.0 Å². The van der Waals surface area contributed by atoms with E-state index in [1.165, 1.54) is 4.90 Å². The molecule has 0 spiro atoms. The second kappa shape index (κ2) is 4.74. The van der Waals surface area contributed by atoms with Gasteiger partial charge in [-0.1, -0.05) is 24.5 Å². The molecule has 1 aliphatic rings. The number of hydrogen-bond acceptors (Lipinski definition) is 3. The third-order valence-electron chi connectivity index (χ3n) is 3.50. The van der Waals surface area contributed by atoms with Crippen molar-refractivity contribution in [1.29, 1.82) is 0 Å². The molecular weight excluding hydrogens is 221 g/mol. The highest BCUT2D eigenvalue weighted by molar-refractivity contribution is 7.80. The summed E-state index contributed by atoms with van der Waals surface area (Å²) in [6.45, 7) is 4.38. The summed E-state index contributed by atoms with van der Waals surface area (Å²) in [7, 11) is 5.62. The Bertz CT molecular complexity index is 310. The normalized spacial score (nSPS) is 32.9. The molecule has 0 aromatic heterocycles. The van der Waals surface area contributed by atoms with Gasteiger partial charge in [0.15, 0.2) is 0 Å². The van der Waals surface area contributed by atoms with E-state index < -0.39 is 0 Å². The molecule has 0 N–H and O–H groups in total. The zero-order chi connectivity index (χ0) is 12.4. The molecule has 2 unspecified atom stereocenters. The maximum atomic E-state index is 10.5. The van der Waals surface area contributed by atoms with Crippen LogP contribution in [0.2, 0.25) is 10.6 Å². The van der Waals surface area contributed by atoms with E-state index in [2.05, 4.69) is 33.8 Å². The van der Waals surface area contributed by atoms with Gasteiger partial charge in [-0.3, -0.25) is 4.79 Å². The minimum absolute atomic E-state index is 0.125. The molecule has 0 aromatic rings. The van der Waals surface area contributed by atoms with Crippen molar-refractivity contribution in [1.82, 2.24) is 4.90 Å². The molecule has 0 aliphatic carbocycles. The van der Waals surface area contributed by atoms with Gasteiger partial charge in [-0.2, -0.15) is 12.6 Å². The molecule has 1 saturated heterocycles. The van der Waals surface area contributed by atoms with Crippen LogP contribution in [0, 0.1) is 0 Å². The van der Waals surface area contributed by atoms with Crippen LogP contribution in [0.25, 0.3) is 0 Å². The number of nitrogens with zero attached hydrogens (tertiary/aromatic N) is 1. The number of ether oxygens (including phenoxy) is 1. The minimum Gasteiger partial charge on any atom is -0.500 e. The summed E-state index contributed by atoms with van der Waals surface area (Å²) in [5.41, 5.74) is 0. The van der Waals surface area contributed by atoms with Gasteiger partial charge in [0, 0.05) is 19.7 Å². The van der Waals surface area contributed by atoms with Crippen LogP contribution in [0.4, 0.5) is 0 Å². The molecule has 0 bridgehead atoms. The predicted molar refractivity (Wildman–Crippen MR) is 69.9 cm³/mol. The molecule has 0 saturated carbocycles. The minimum atomic E-state index is 0.125. The van der Waals surface area contributed by atoms with Gasteiger partial charge in [-0.25, -0.2) is 0 Å². The van der Waals surface area contributed by atoms with Crippen molar-refractivity contribution < 1.29 is 9.53 Å². The van der Waals surface area contributed by atoms with Gasteiger partial charge in [0.2, 0.25) is 6.41 Å². The SMILES string of the molecule is CO/C(=C\N(C)C=O)CC1(C)[B]C1(C)CS. The average molecular weight is 240 g/mol. The predicted octanol–water partition coefficient (Wildman–Crippen LogP) is 1.96. The highest BCUT2D eigenvalue weighted by Crippen LogP contribution is 2.71. The lowest BCUT2D eigenvalue weighted by Crippen LogP contribution is -2.10. The molecule has 1 heterocycles. The number of rotatable bonds is 6. The molecule has 1 aliphatic heterocycles. The quantitative estimate of drug-likeness (QED) is 0.333. The highest BCUT2D eigenvalue weighted by Gasteiger charge is 2.60. The molecular formula is C11H19BNO2S. The fourth-order valence-electron chi connectivity index (χ4n) is 1.94. The second-order valence-corrected chi connectivity index (χ2v) is 5.20. The molecule has 1 fully saturated rings. The third-order valence-corrected chi connectivity index (χ3v) is 4.16. The average Bonchev–Trinajstić information content (AvgIpc) is 2.80. The maximum absolute atomic E-state index is 10.5. The lowest BCUT2D eigenvalue weighted by Gasteiger charge is -2.20. The summed E-state index contributed by atoms with van der Waals surface area (Å²) < 4.78 is 5.29. The van der Waals surface area contributed by atoms with Crippen LogP contribution in [0.15, 0.2) is 12.0 Å². The summed E-state index contributed by atoms with van der Waals surface area (Å²) in [5.74, 6) is 1.66. The Hall–Kier alpha value is -0.575. The van der Waals surface area contributed by atoms with Crippen molar-refractivity contribution in [2.24, 2.45) is 0 Å². The molecule has 3 nitrogen and oxygen atoms in total. The van der Waals surface area contributed by atoms with Crippen LogP contribution < -0.4 is 0 Å². The topological polar surface area (TPSA) is 29.5 Å². The van der Waals surface area contributed by atoms with Crippen molar-refractivity contribution in [3.63, 3.8) is 0 Å². The molecule has 1 rings (SSSR count). The van der Waals surface area contributed by atoms with Gasteiger partial charge >= 0.3 is 0 Å². The van der Waals surface area contributed by atoms with Crippen molar-refractivity contribution in [2.75, 3.05) is 19.9 Å². The van der Waals surface area contributed by atoms with Crippen molar-refractivity contribution in [2.45, 2.75) is 30.9 Å². The molecule has 0 aromatic carbocycles. The molecule has 89 valence electrons. The van der Waals surface area contributed by atoms with E-state index in [0.717, 1.165) is 24.3 Å². The first-order valence-corrected chi connectivity index (χ1v) is 5.94. The fraction of sp³-hybridized carbons (Fsp3) is 0.727. The van der Waals surface area contributed by atoms with Crippen LogP contribution >= 0.6 is 12.6 Å². The smallest absolute Gasteiger partial charge is 0.213 e. The number of carbonyl (C=O) groups is 1. The number of allylic oxidation sites excluding steroid dienone is 1. The van der Waals surface area contributed by atoms with Gasteiger partial charge in [0.25, 0.3) is 0 Å². The monoisotopic (exact) mass is 240 g/mol. The second-order valence-electron chi connectivity index (χ2n) is 4.88. The number of thiol groups is 1. The largest absolute Gasteiger partial charge is 0.500 e. The van der Waals surface area contributed by atoms with Gasteiger partial charge in [-0.15, -0.1) is 0 Å². The van der Waals surface area contributed by atoms with Gasteiger partial charge < -0.3 is 9.64 Å². The summed E-state index contributed by atoms with van der Waals surface area (Å²) >= 11 is 4.36. The van der Waals surface area contributed by atoms with Crippen LogP contribution in [0.5, 0.6) is 0 Å². The number of hydrogen-bond donors (Lipinski definition) is 1. The third kappa shape index (κ3) is 2.57. The first-order valence-electron chi connectivity index (χ1n) is 5.30. The number of methoxy groups -OCH3 is 1. The van der Waals surface area contributed by atoms with Gasteiger partial charge in [0.05, 0.1) is 7.11 Å². The van der Waals surface area contributed by atoms with E-state index in [9.17, 15) is 4.79 Å².